The summed E-state index contributed by atoms with van der Waals surface area (Å²) in [6, 6.07) is 6.27. The van der Waals surface area contributed by atoms with Crippen molar-refractivity contribution >= 4 is 23.1 Å². The van der Waals surface area contributed by atoms with Gasteiger partial charge in [0.05, 0.1) is 6.54 Å². The lowest BCUT2D eigenvalue weighted by molar-refractivity contribution is 0.312. The number of nitrogens with one attached hydrogen (secondary N) is 2. The molecule has 0 aromatic carbocycles. The third-order valence-corrected chi connectivity index (χ3v) is 5.19. The molecule has 0 saturated carbocycles. The number of thiophene rings is 1. The first-order chi connectivity index (χ1) is 12.8. The first-order valence-electron chi connectivity index (χ1n) is 9.17. The van der Waals surface area contributed by atoms with Crippen molar-refractivity contribution in [2.75, 3.05) is 44.7 Å². The summed E-state index contributed by atoms with van der Waals surface area (Å²) in [5.41, 5.74) is 2.45. The van der Waals surface area contributed by atoms with Crippen LogP contribution in [0.1, 0.15) is 18.1 Å². The third kappa shape index (κ3) is 5.19. The van der Waals surface area contributed by atoms with Crippen LogP contribution in [-0.2, 0) is 13.1 Å². The zero-order chi connectivity index (χ0) is 18.2. The Hall–Kier alpha value is -2.12. The molecule has 26 heavy (non-hydrogen) atoms. The molecule has 3 heterocycles. The number of aliphatic imine (C=N–C) groups is 1. The lowest BCUT2D eigenvalue weighted by atomic mass is 10.2. The summed E-state index contributed by atoms with van der Waals surface area (Å²) in [6.07, 6.45) is 1.88. The Labute approximate surface area is 160 Å². The molecule has 3 rings (SSSR count). The fraction of sp³-hybridized carbons (Fsp3) is 0.474. The third-order valence-electron chi connectivity index (χ3n) is 4.46. The van der Waals surface area contributed by atoms with Gasteiger partial charge in [0.1, 0.15) is 5.82 Å². The van der Waals surface area contributed by atoms with E-state index in [1.165, 1.54) is 11.1 Å². The second-order valence-electron chi connectivity index (χ2n) is 6.46. The van der Waals surface area contributed by atoms with E-state index < -0.39 is 0 Å². The molecule has 0 radical (unpaired) electrons. The van der Waals surface area contributed by atoms with Gasteiger partial charge in [-0.15, -0.1) is 0 Å². The van der Waals surface area contributed by atoms with Gasteiger partial charge in [0.25, 0.3) is 0 Å². The van der Waals surface area contributed by atoms with Crippen LogP contribution in [0.2, 0.25) is 0 Å². The number of nitrogens with zero attached hydrogens (tertiary/aromatic N) is 4. The van der Waals surface area contributed by atoms with Gasteiger partial charge in [0, 0.05) is 51.0 Å². The molecule has 0 atom stereocenters. The van der Waals surface area contributed by atoms with Crippen LogP contribution in [0.3, 0.4) is 0 Å². The average Bonchev–Trinajstić information content (AvgIpc) is 3.19. The van der Waals surface area contributed by atoms with E-state index in [0.717, 1.165) is 44.5 Å². The Morgan fingerprint density at radius 3 is 2.81 bits per heavy atom. The Morgan fingerprint density at radius 2 is 2.08 bits per heavy atom. The highest BCUT2D eigenvalue weighted by molar-refractivity contribution is 7.07. The van der Waals surface area contributed by atoms with Crippen LogP contribution in [0.25, 0.3) is 0 Å². The molecule has 1 aliphatic rings. The van der Waals surface area contributed by atoms with Crippen molar-refractivity contribution < 1.29 is 0 Å². The maximum absolute atomic E-state index is 4.68. The van der Waals surface area contributed by atoms with Crippen LogP contribution >= 0.6 is 11.3 Å². The van der Waals surface area contributed by atoms with Crippen LogP contribution in [-0.4, -0.2) is 55.6 Å². The summed E-state index contributed by atoms with van der Waals surface area (Å²) < 4.78 is 0. The monoisotopic (exact) mass is 372 g/mol. The minimum absolute atomic E-state index is 0.692. The fourth-order valence-corrected chi connectivity index (χ4v) is 3.60. The standard InChI is InChI=1S/C19H28N6S/c1-3-20-19(22-13-16-6-12-26-15-16)23-14-17-5-4-7-21-18(17)25-10-8-24(2)9-11-25/h4-7,12,15H,3,8-11,13-14H2,1-2H3,(H2,20,22,23). The van der Waals surface area contributed by atoms with Crippen molar-refractivity contribution in [1.82, 2.24) is 20.5 Å². The summed E-state index contributed by atoms with van der Waals surface area (Å²) in [5, 5.41) is 11.0. The summed E-state index contributed by atoms with van der Waals surface area (Å²) in [4.78, 5) is 14.1. The van der Waals surface area contributed by atoms with Crippen LogP contribution in [0.15, 0.2) is 40.1 Å². The highest BCUT2D eigenvalue weighted by Crippen LogP contribution is 2.18. The van der Waals surface area contributed by atoms with E-state index in [1.54, 1.807) is 11.3 Å². The van der Waals surface area contributed by atoms with Crippen LogP contribution in [0.4, 0.5) is 5.82 Å². The van der Waals surface area contributed by atoms with Gasteiger partial charge in [0.2, 0.25) is 0 Å². The van der Waals surface area contributed by atoms with Crippen LogP contribution in [0, 0.1) is 0 Å². The second kappa shape index (κ2) is 9.54. The Kier molecular flexibility index (Phi) is 6.85. The molecule has 0 unspecified atom stereocenters. The molecule has 1 fully saturated rings. The summed E-state index contributed by atoms with van der Waals surface area (Å²) in [5.74, 6) is 1.92. The molecule has 140 valence electrons. The minimum atomic E-state index is 0.692. The van der Waals surface area contributed by atoms with Crippen molar-refractivity contribution in [3.05, 3.63) is 46.3 Å². The molecule has 0 spiro atoms. The number of aromatic nitrogens is 1. The van der Waals surface area contributed by atoms with E-state index in [1.807, 2.05) is 12.3 Å². The predicted octanol–water partition coefficient (Wildman–Crippen LogP) is 2.15. The number of hydrogen-bond donors (Lipinski definition) is 2. The quantitative estimate of drug-likeness (QED) is 0.601. The van der Waals surface area contributed by atoms with E-state index in [-0.39, 0.29) is 0 Å². The maximum atomic E-state index is 4.68. The molecular weight excluding hydrogens is 344 g/mol. The summed E-state index contributed by atoms with van der Waals surface area (Å²) in [7, 11) is 2.17. The molecular formula is C19H28N6S. The van der Waals surface area contributed by atoms with Crippen molar-refractivity contribution in [2.24, 2.45) is 4.99 Å². The highest BCUT2D eigenvalue weighted by atomic mass is 32.1. The van der Waals surface area contributed by atoms with E-state index in [2.05, 4.69) is 67.3 Å². The van der Waals surface area contributed by atoms with Crippen molar-refractivity contribution in [3.8, 4) is 0 Å². The number of likely N-dealkylation sites (N-methyl/N-ethyl adjacent to an activating group) is 1. The fourth-order valence-electron chi connectivity index (χ4n) is 2.94. The van der Waals surface area contributed by atoms with E-state index in [4.69, 9.17) is 0 Å². The smallest absolute Gasteiger partial charge is 0.191 e. The number of hydrogen-bond acceptors (Lipinski definition) is 5. The van der Waals surface area contributed by atoms with E-state index >= 15 is 0 Å². The normalized spacial score (nSPS) is 15.9. The average molecular weight is 373 g/mol. The van der Waals surface area contributed by atoms with Gasteiger partial charge in [0.15, 0.2) is 5.96 Å². The van der Waals surface area contributed by atoms with Gasteiger partial charge in [-0.3, -0.25) is 0 Å². The molecule has 1 saturated heterocycles. The number of guanidine groups is 1. The number of piperazine rings is 1. The lowest BCUT2D eigenvalue weighted by Crippen LogP contribution is -2.45. The Balaban J connectivity index is 1.64. The SMILES string of the molecule is CCNC(=NCc1ccsc1)NCc1cccnc1N1CCN(C)CC1. The zero-order valence-corrected chi connectivity index (χ0v) is 16.4. The second-order valence-corrected chi connectivity index (χ2v) is 7.24. The molecule has 0 amide bonds. The first kappa shape index (κ1) is 18.7. The molecule has 2 N–H and O–H groups in total. The predicted molar refractivity (Wildman–Crippen MR) is 110 cm³/mol. The molecule has 2 aromatic heterocycles. The summed E-state index contributed by atoms with van der Waals surface area (Å²) >= 11 is 1.71. The minimum Gasteiger partial charge on any atom is -0.357 e. The summed E-state index contributed by atoms with van der Waals surface area (Å²) in [6.45, 7) is 8.53. The van der Waals surface area contributed by atoms with Crippen LogP contribution < -0.4 is 15.5 Å². The maximum Gasteiger partial charge on any atom is 0.191 e. The van der Waals surface area contributed by atoms with Gasteiger partial charge < -0.3 is 20.4 Å². The molecule has 2 aromatic rings. The first-order valence-corrected chi connectivity index (χ1v) is 10.1. The van der Waals surface area contributed by atoms with Crippen molar-refractivity contribution in [2.45, 2.75) is 20.0 Å². The molecule has 6 nitrogen and oxygen atoms in total. The molecule has 0 bridgehead atoms. The molecule has 1 aliphatic heterocycles. The zero-order valence-electron chi connectivity index (χ0n) is 15.6. The number of anilines is 1. The van der Waals surface area contributed by atoms with Gasteiger partial charge in [-0.2, -0.15) is 11.3 Å². The topological polar surface area (TPSA) is 55.8 Å². The van der Waals surface area contributed by atoms with E-state index in [9.17, 15) is 0 Å². The van der Waals surface area contributed by atoms with Gasteiger partial charge in [-0.25, -0.2) is 9.98 Å². The number of pyridine rings is 1. The lowest BCUT2D eigenvalue weighted by Gasteiger charge is -2.34. The molecule has 0 aliphatic carbocycles. The van der Waals surface area contributed by atoms with Crippen molar-refractivity contribution in [3.63, 3.8) is 0 Å². The molecule has 7 heteroatoms. The van der Waals surface area contributed by atoms with Gasteiger partial charge in [-0.1, -0.05) is 6.07 Å². The number of rotatable bonds is 6. The highest BCUT2D eigenvalue weighted by Gasteiger charge is 2.17. The van der Waals surface area contributed by atoms with E-state index in [0.29, 0.717) is 13.1 Å². The Morgan fingerprint density at radius 1 is 1.23 bits per heavy atom. The largest absolute Gasteiger partial charge is 0.357 e. The Bertz CT molecular complexity index is 692. The van der Waals surface area contributed by atoms with Gasteiger partial charge >= 0.3 is 0 Å². The van der Waals surface area contributed by atoms with Gasteiger partial charge in [-0.05, 0) is 42.4 Å². The van der Waals surface area contributed by atoms with Crippen LogP contribution in [0.5, 0.6) is 0 Å². The van der Waals surface area contributed by atoms with Crippen molar-refractivity contribution in [1.29, 1.82) is 0 Å².